The molecule has 2 aliphatic rings. The molecule has 1 atom stereocenters. The molecular formula is C17H26Cl2FN3O2. The second-order valence-corrected chi connectivity index (χ2v) is 6.14. The predicted octanol–water partition coefficient (Wildman–Crippen LogP) is 1.91. The Labute approximate surface area is 160 Å². The number of hydrogen-bond donors (Lipinski definition) is 2. The average molecular weight is 394 g/mol. The molecule has 2 aliphatic heterocycles. The van der Waals surface area contributed by atoms with Crippen LogP contribution in [0.1, 0.15) is 24.4 Å². The third kappa shape index (κ3) is 6.08. The van der Waals surface area contributed by atoms with Gasteiger partial charge in [0.2, 0.25) is 5.91 Å². The number of carbonyl (C=O) groups is 1. The molecule has 1 aromatic carbocycles. The smallest absolute Gasteiger partial charge is 0.242 e. The zero-order valence-corrected chi connectivity index (χ0v) is 15.7. The summed E-state index contributed by atoms with van der Waals surface area (Å²) in [5.41, 5.74) is 0.707. The highest BCUT2D eigenvalue weighted by Gasteiger charge is 2.30. The van der Waals surface area contributed by atoms with Gasteiger partial charge in [0.15, 0.2) is 0 Å². The lowest BCUT2D eigenvalue weighted by atomic mass is 10.0. The molecule has 2 heterocycles. The number of hydrogen-bond acceptors (Lipinski definition) is 4. The lowest BCUT2D eigenvalue weighted by Crippen LogP contribution is -2.50. The van der Waals surface area contributed by atoms with Crippen molar-refractivity contribution in [1.29, 1.82) is 0 Å². The summed E-state index contributed by atoms with van der Waals surface area (Å²) >= 11 is 0. The van der Waals surface area contributed by atoms with Gasteiger partial charge in [0.05, 0.1) is 13.2 Å². The van der Waals surface area contributed by atoms with Crippen LogP contribution in [0.25, 0.3) is 0 Å². The highest BCUT2D eigenvalue weighted by molar-refractivity contribution is 5.85. The lowest BCUT2D eigenvalue weighted by molar-refractivity contribution is -0.129. The van der Waals surface area contributed by atoms with E-state index < -0.39 is 6.04 Å². The molecule has 1 amide bonds. The van der Waals surface area contributed by atoms with E-state index in [0.29, 0.717) is 31.9 Å². The van der Waals surface area contributed by atoms with Crippen LogP contribution >= 0.6 is 24.8 Å². The highest BCUT2D eigenvalue weighted by Crippen LogP contribution is 2.23. The lowest BCUT2D eigenvalue weighted by Gasteiger charge is -2.35. The van der Waals surface area contributed by atoms with Gasteiger partial charge in [0.1, 0.15) is 11.9 Å². The minimum absolute atomic E-state index is 0. The van der Waals surface area contributed by atoms with Crippen molar-refractivity contribution in [2.45, 2.75) is 24.9 Å². The monoisotopic (exact) mass is 393 g/mol. The van der Waals surface area contributed by atoms with Crippen LogP contribution in [-0.4, -0.2) is 56.2 Å². The summed E-state index contributed by atoms with van der Waals surface area (Å²) < 4.78 is 19.0. The Morgan fingerprint density at radius 2 is 1.92 bits per heavy atom. The molecule has 0 radical (unpaired) electrons. The fourth-order valence-electron chi connectivity index (χ4n) is 3.29. The van der Waals surface area contributed by atoms with Gasteiger partial charge in [-0.05, 0) is 43.6 Å². The van der Waals surface area contributed by atoms with Gasteiger partial charge in [-0.15, -0.1) is 24.8 Å². The van der Waals surface area contributed by atoms with Gasteiger partial charge in [-0.2, -0.15) is 0 Å². The molecule has 8 heteroatoms. The first-order chi connectivity index (χ1) is 11.2. The van der Waals surface area contributed by atoms with E-state index in [1.165, 1.54) is 12.1 Å². The van der Waals surface area contributed by atoms with Crippen LogP contribution in [0.4, 0.5) is 4.39 Å². The normalized spacial score (nSPS) is 20.0. The molecule has 0 spiro atoms. The van der Waals surface area contributed by atoms with Gasteiger partial charge in [-0.3, -0.25) is 9.69 Å². The summed E-state index contributed by atoms with van der Waals surface area (Å²) in [6.45, 7) is 4.42. The van der Waals surface area contributed by atoms with E-state index in [1.807, 2.05) is 6.07 Å². The molecule has 0 aliphatic carbocycles. The Bertz CT molecular complexity index is 538. The van der Waals surface area contributed by atoms with Crippen molar-refractivity contribution in [3.63, 3.8) is 0 Å². The molecule has 0 aromatic heterocycles. The summed E-state index contributed by atoms with van der Waals surface area (Å²) in [5.74, 6) is -0.347. The first kappa shape index (κ1) is 22.1. The summed E-state index contributed by atoms with van der Waals surface area (Å²) in [5, 5.41) is 6.44. The molecule has 2 saturated heterocycles. The van der Waals surface area contributed by atoms with Crippen molar-refractivity contribution in [2.24, 2.45) is 0 Å². The molecule has 25 heavy (non-hydrogen) atoms. The molecule has 1 unspecified atom stereocenters. The van der Waals surface area contributed by atoms with Crippen LogP contribution in [0.15, 0.2) is 24.3 Å². The highest BCUT2D eigenvalue weighted by atomic mass is 35.5. The number of nitrogens with zero attached hydrogens (tertiary/aromatic N) is 1. The van der Waals surface area contributed by atoms with Crippen LogP contribution in [0.5, 0.6) is 0 Å². The molecule has 0 saturated carbocycles. The van der Waals surface area contributed by atoms with Crippen LogP contribution in [0.2, 0.25) is 0 Å². The summed E-state index contributed by atoms with van der Waals surface area (Å²) in [6, 6.07) is 6.10. The Morgan fingerprint density at radius 1 is 1.24 bits per heavy atom. The topological polar surface area (TPSA) is 53.6 Å². The Kier molecular flexibility index (Phi) is 9.67. The fraction of sp³-hybridized carbons (Fsp3) is 0.588. The first-order valence-corrected chi connectivity index (χ1v) is 8.32. The number of halogens is 3. The Morgan fingerprint density at radius 3 is 2.56 bits per heavy atom. The molecule has 3 rings (SSSR count). The van der Waals surface area contributed by atoms with Crippen molar-refractivity contribution in [1.82, 2.24) is 15.5 Å². The van der Waals surface area contributed by atoms with Crippen LogP contribution in [0, 0.1) is 5.82 Å². The minimum atomic E-state index is -0.454. The van der Waals surface area contributed by atoms with Crippen molar-refractivity contribution >= 4 is 30.7 Å². The van der Waals surface area contributed by atoms with E-state index in [1.54, 1.807) is 6.07 Å². The second-order valence-electron chi connectivity index (χ2n) is 6.14. The zero-order valence-electron chi connectivity index (χ0n) is 14.1. The van der Waals surface area contributed by atoms with Crippen molar-refractivity contribution in [3.8, 4) is 0 Å². The van der Waals surface area contributed by atoms with Crippen molar-refractivity contribution in [2.75, 3.05) is 39.4 Å². The van der Waals surface area contributed by atoms with E-state index in [0.717, 1.165) is 25.9 Å². The van der Waals surface area contributed by atoms with Crippen LogP contribution in [0.3, 0.4) is 0 Å². The SMILES string of the molecule is Cl.Cl.O=C(NC1CCNCC1)C(c1cccc(F)c1)N1CCOCC1. The number of amides is 1. The molecule has 2 fully saturated rings. The second kappa shape index (κ2) is 10.9. The molecule has 1 aromatic rings. The van der Waals surface area contributed by atoms with Crippen molar-refractivity contribution < 1.29 is 13.9 Å². The van der Waals surface area contributed by atoms with E-state index in [9.17, 15) is 9.18 Å². The van der Waals surface area contributed by atoms with E-state index in [2.05, 4.69) is 15.5 Å². The summed E-state index contributed by atoms with van der Waals surface area (Å²) in [7, 11) is 0. The van der Waals surface area contributed by atoms with E-state index in [4.69, 9.17) is 4.74 Å². The third-order valence-corrected chi connectivity index (χ3v) is 4.51. The van der Waals surface area contributed by atoms with Crippen molar-refractivity contribution in [3.05, 3.63) is 35.6 Å². The number of piperidine rings is 1. The number of benzene rings is 1. The molecule has 142 valence electrons. The maximum atomic E-state index is 13.6. The number of nitrogens with one attached hydrogen (secondary N) is 2. The number of carbonyl (C=O) groups excluding carboxylic acids is 1. The van der Waals surface area contributed by atoms with Gasteiger partial charge in [0.25, 0.3) is 0 Å². The van der Waals surface area contributed by atoms with Gasteiger partial charge >= 0.3 is 0 Å². The van der Waals surface area contributed by atoms with Crippen LogP contribution < -0.4 is 10.6 Å². The van der Waals surface area contributed by atoms with Gasteiger partial charge in [-0.1, -0.05) is 12.1 Å². The maximum absolute atomic E-state index is 13.6. The third-order valence-electron chi connectivity index (χ3n) is 4.51. The zero-order chi connectivity index (χ0) is 16.1. The van der Waals surface area contributed by atoms with Gasteiger partial charge in [-0.25, -0.2) is 4.39 Å². The van der Waals surface area contributed by atoms with E-state index >= 15 is 0 Å². The molecule has 2 N–H and O–H groups in total. The number of rotatable bonds is 4. The van der Waals surface area contributed by atoms with E-state index in [-0.39, 0.29) is 42.6 Å². The molecule has 0 bridgehead atoms. The standard InChI is InChI=1S/C17H24FN3O2.2ClH/c18-14-3-1-2-13(12-14)16(21-8-10-23-11-9-21)17(22)20-15-4-6-19-7-5-15;;/h1-3,12,15-16,19H,4-11H2,(H,20,22);2*1H. The van der Waals surface area contributed by atoms with Gasteiger partial charge in [0, 0.05) is 19.1 Å². The molecule has 5 nitrogen and oxygen atoms in total. The molecular weight excluding hydrogens is 368 g/mol. The van der Waals surface area contributed by atoms with Crippen LogP contribution in [-0.2, 0) is 9.53 Å². The quantitative estimate of drug-likeness (QED) is 0.820. The average Bonchev–Trinajstić information content (AvgIpc) is 2.57. The fourth-order valence-corrected chi connectivity index (χ4v) is 3.29. The maximum Gasteiger partial charge on any atom is 0.242 e. The summed E-state index contributed by atoms with van der Waals surface area (Å²) in [6.07, 6.45) is 1.87. The predicted molar refractivity (Wildman–Crippen MR) is 100 cm³/mol. The van der Waals surface area contributed by atoms with Gasteiger partial charge < -0.3 is 15.4 Å². The largest absolute Gasteiger partial charge is 0.379 e. The number of ether oxygens (including phenoxy) is 1. The first-order valence-electron chi connectivity index (χ1n) is 8.32. The summed E-state index contributed by atoms with van der Waals surface area (Å²) in [4.78, 5) is 15.0. The minimum Gasteiger partial charge on any atom is -0.379 e. The number of morpholine rings is 1. The Hall–Kier alpha value is -0.920. The Balaban J connectivity index is 0.00000156.